The molecule has 1 saturated heterocycles. The Morgan fingerprint density at radius 2 is 2.06 bits per heavy atom. The van der Waals surface area contributed by atoms with Crippen molar-refractivity contribution in [3.63, 3.8) is 0 Å². The summed E-state index contributed by atoms with van der Waals surface area (Å²) in [4.78, 5) is 21.5. The summed E-state index contributed by atoms with van der Waals surface area (Å²) in [5, 5.41) is 9.31. The van der Waals surface area contributed by atoms with Crippen LogP contribution in [0.1, 0.15) is 50.0 Å². The molecule has 2 N–H and O–H groups in total. The number of nitrogen functional groups attached to an aromatic ring is 1. The number of carbonyl (C=O) groups excluding carboxylic acids is 1. The highest BCUT2D eigenvalue weighted by Gasteiger charge is 2.40. The van der Waals surface area contributed by atoms with E-state index in [4.69, 9.17) is 24.4 Å². The summed E-state index contributed by atoms with van der Waals surface area (Å²) in [6.07, 6.45) is -0.0991. The van der Waals surface area contributed by atoms with E-state index in [9.17, 15) is 10.1 Å². The van der Waals surface area contributed by atoms with Gasteiger partial charge in [-0.1, -0.05) is 32.9 Å². The maximum atomic E-state index is 12.7. The Balaban J connectivity index is 1.93. The van der Waals surface area contributed by atoms with Gasteiger partial charge in [0.15, 0.2) is 19.7 Å². The van der Waals surface area contributed by atoms with Gasteiger partial charge in [-0.2, -0.15) is 10.2 Å². The van der Waals surface area contributed by atoms with Crippen molar-refractivity contribution in [2.75, 3.05) is 25.6 Å². The molecule has 9 nitrogen and oxygen atoms in total. The number of ether oxygens (including phenoxy) is 3. The Labute approximate surface area is 207 Å². The van der Waals surface area contributed by atoms with Crippen molar-refractivity contribution in [2.45, 2.75) is 64.5 Å². The van der Waals surface area contributed by atoms with Crippen LogP contribution in [-0.2, 0) is 13.9 Å². The molecule has 1 aromatic heterocycles. The van der Waals surface area contributed by atoms with Crippen LogP contribution in [0.4, 0.5) is 5.82 Å². The van der Waals surface area contributed by atoms with Gasteiger partial charge in [-0.25, -0.2) is 9.78 Å². The monoisotopic (exact) mass is 498 g/mol. The van der Waals surface area contributed by atoms with E-state index in [1.54, 1.807) is 31.2 Å². The van der Waals surface area contributed by atoms with Crippen molar-refractivity contribution in [1.29, 1.82) is 5.26 Å². The van der Waals surface area contributed by atoms with Crippen LogP contribution in [-0.4, -0.2) is 56.3 Å². The van der Waals surface area contributed by atoms with Gasteiger partial charge in [-0.05, 0) is 37.2 Å². The number of benzene rings is 1. The summed E-state index contributed by atoms with van der Waals surface area (Å²) in [7, 11) is -1.99. The molecule has 3 rings (SSSR count). The normalized spacial score (nSPS) is 18.2. The van der Waals surface area contributed by atoms with Gasteiger partial charge < -0.3 is 24.4 Å². The highest BCUT2D eigenvalue weighted by atomic mass is 28.4. The molecule has 188 valence electrons. The average Bonchev–Trinajstić information content (AvgIpc) is 3.23. The van der Waals surface area contributed by atoms with Crippen molar-refractivity contribution >= 4 is 20.1 Å². The number of hydrogen-bond donors (Lipinski definition) is 1. The van der Waals surface area contributed by atoms with Crippen molar-refractivity contribution in [3.8, 4) is 23.3 Å². The molecule has 0 unspecified atom stereocenters. The summed E-state index contributed by atoms with van der Waals surface area (Å²) in [6.45, 7) is 13.7. The molecule has 35 heavy (non-hydrogen) atoms. The molecule has 2 aromatic rings. The van der Waals surface area contributed by atoms with E-state index in [1.165, 1.54) is 0 Å². The van der Waals surface area contributed by atoms with E-state index in [0.717, 1.165) is 0 Å². The molecule has 1 aromatic carbocycles. The summed E-state index contributed by atoms with van der Waals surface area (Å²) >= 11 is 0. The van der Waals surface area contributed by atoms with Crippen molar-refractivity contribution in [3.05, 3.63) is 35.4 Å². The SMILES string of the molecule is CCOC(=O)c1c(N)nc(-c2cccc(C#N)c2)nc1O[C@H]1CCO[C@@H]1CO[Si](C)(C)C(C)(C)C. The number of nitriles is 1. The molecular weight excluding hydrogens is 464 g/mol. The van der Waals surface area contributed by atoms with E-state index in [2.05, 4.69) is 49.9 Å². The first kappa shape index (κ1) is 26.6. The van der Waals surface area contributed by atoms with Gasteiger partial charge in [-0.15, -0.1) is 0 Å². The van der Waals surface area contributed by atoms with Crippen LogP contribution < -0.4 is 10.5 Å². The lowest BCUT2D eigenvalue weighted by Crippen LogP contribution is -2.44. The van der Waals surface area contributed by atoms with Gasteiger partial charge >= 0.3 is 5.97 Å². The first-order valence-corrected chi connectivity index (χ1v) is 14.6. The Kier molecular flexibility index (Phi) is 8.15. The van der Waals surface area contributed by atoms with Gasteiger partial charge in [0, 0.05) is 12.0 Å². The number of anilines is 1. The van der Waals surface area contributed by atoms with E-state index in [-0.39, 0.29) is 46.9 Å². The van der Waals surface area contributed by atoms with Crippen LogP contribution in [0.15, 0.2) is 24.3 Å². The van der Waals surface area contributed by atoms with E-state index < -0.39 is 14.3 Å². The number of carbonyl (C=O) groups is 1. The summed E-state index contributed by atoms with van der Waals surface area (Å²) < 4.78 is 23.7. The standard InChI is InChI=1S/C25H34N4O5Si/c1-7-31-24(30)20-21(27)28-22(17-10-8-9-16(13-17)14-26)29-23(20)34-18-11-12-32-19(18)15-33-35(5,6)25(2,3)4/h8-10,13,18-19H,7,11-12,15H2,1-6H3,(H2,27,28,29)/t18-,19+/m0/s1. The zero-order valence-corrected chi connectivity index (χ0v) is 22.3. The lowest BCUT2D eigenvalue weighted by Gasteiger charge is -2.37. The topological polar surface area (TPSA) is 130 Å². The second kappa shape index (κ2) is 10.7. The van der Waals surface area contributed by atoms with Gasteiger partial charge in [0.1, 0.15) is 18.0 Å². The highest BCUT2D eigenvalue weighted by Crippen LogP contribution is 2.37. The summed E-state index contributed by atoms with van der Waals surface area (Å²) in [5.41, 5.74) is 7.19. The first-order valence-electron chi connectivity index (χ1n) is 11.7. The van der Waals surface area contributed by atoms with Crippen molar-refractivity contribution in [1.82, 2.24) is 9.97 Å². The van der Waals surface area contributed by atoms with Crippen molar-refractivity contribution in [2.24, 2.45) is 0 Å². The summed E-state index contributed by atoms with van der Waals surface area (Å²) in [5.74, 6) is -0.444. The van der Waals surface area contributed by atoms with Crippen LogP contribution in [0.5, 0.6) is 5.88 Å². The number of nitrogens with two attached hydrogens (primary N) is 1. The maximum Gasteiger partial charge on any atom is 0.347 e. The minimum Gasteiger partial charge on any atom is -0.471 e. The van der Waals surface area contributed by atoms with Crippen LogP contribution in [0.25, 0.3) is 11.4 Å². The predicted molar refractivity (Wildman–Crippen MR) is 134 cm³/mol. The predicted octanol–water partition coefficient (Wildman–Crippen LogP) is 4.33. The molecule has 2 atom stereocenters. The Morgan fingerprint density at radius 1 is 1.31 bits per heavy atom. The average molecular weight is 499 g/mol. The Hall–Kier alpha value is -3.00. The van der Waals surface area contributed by atoms with Crippen LogP contribution in [0.3, 0.4) is 0 Å². The molecule has 0 radical (unpaired) electrons. The number of nitrogens with zero attached hydrogens (tertiary/aromatic N) is 3. The van der Waals surface area contributed by atoms with Gasteiger partial charge in [-0.3, -0.25) is 0 Å². The molecule has 10 heteroatoms. The third-order valence-corrected chi connectivity index (χ3v) is 11.0. The number of esters is 1. The molecule has 1 aliphatic rings. The zero-order chi connectivity index (χ0) is 25.8. The van der Waals surface area contributed by atoms with Gasteiger partial charge in [0.05, 0.1) is 31.5 Å². The second-order valence-electron chi connectivity index (χ2n) is 9.95. The quantitative estimate of drug-likeness (QED) is 0.417. The molecule has 1 fully saturated rings. The Bertz CT molecular complexity index is 1110. The minimum absolute atomic E-state index is 0.0250. The largest absolute Gasteiger partial charge is 0.471 e. The molecule has 1 aliphatic heterocycles. The lowest BCUT2D eigenvalue weighted by molar-refractivity contribution is 0.0142. The lowest BCUT2D eigenvalue weighted by atomic mass is 10.1. The molecule has 0 saturated carbocycles. The third kappa shape index (κ3) is 6.17. The first-order chi connectivity index (χ1) is 16.5. The fraction of sp³-hybridized carbons (Fsp3) is 0.520. The van der Waals surface area contributed by atoms with Crippen LogP contribution in [0.2, 0.25) is 18.1 Å². The van der Waals surface area contributed by atoms with E-state index in [0.29, 0.717) is 30.8 Å². The van der Waals surface area contributed by atoms with Crippen LogP contribution >= 0.6 is 0 Å². The van der Waals surface area contributed by atoms with Crippen LogP contribution in [0, 0.1) is 11.3 Å². The van der Waals surface area contributed by atoms with E-state index in [1.807, 2.05) is 0 Å². The molecular formula is C25H34N4O5Si. The molecule has 0 spiro atoms. The second-order valence-corrected chi connectivity index (χ2v) is 14.8. The Morgan fingerprint density at radius 3 is 2.71 bits per heavy atom. The van der Waals surface area contributed by atoms with E-state index >= 15 is 0 Å². The molecule has 0 bridgehead atoms. The molecule has 0 aliphatic carbocycles. The fourth-order valence-corrected chi connectivity index (χ4v) is 4.38. The number of hydrogen-bond acceptors (Lipinski definition) is 9. The van der Waals surface area contributed by atoms with Gasteiger partial charge in [0.2, 0.25) is 5.88 Å². The highest BCUT2D eigenvalue weighted by molar-refractivity contribution is 6.74. The van der Waals surface area contributed by atoms with Crippen molar-refractivity contribution < 1.29 is 23.4 Å². The smallest absolute Gasteiger partial charge is 0.347 e. The number of rotatable bonds is 8. The summed E-state index contributed by atoms with van der Waals surface area (Å²) in [6, 6.07) is 8.92. The zero-order valence-electron chi connectivity index (χ0n) is 21.3. The maximum absolute atomic E-state index is 12.7. The number of aromatic nitrogens is 2. The molecule has 0 amide bonds. The third-order valence-electron chi connectivity index (χ3n) is 6.46. The fourth-order valence-electron chi connectivity index (χ4n) is 3.36. The minimum atomic E-state index is -1.99. The molecule has 2 heterocycles. The van der Waals surface area contributed by atoms with Gasteiger partial charge in [0.25, 0.3) is 0 Å².